The summed E-state index contributed by atoms with van der Waals surface area (Å²) in [5, 5.41) is 11.2. The maximum absolute atomic E-state index is 5.97. The minimum atomic E-state index is 0. The lowest BCUT2D eigenvalue weighted by atomic mass is 10.1. The lowest BCUT2D eigenvalue weighted by Gasteiger charge is -2.15. The number of ether oxygens (including phenoxy) is 1. The molecule has 1 heterocycles. The Morgan fingerprint density at radius 3 is 2.46 bits per heavy atom. The van der Waals surface area contributed by atoms with Crippen LogP contribution in [-0.4, -0.2) is 29.4 Å². The third-order valence-corrected chi connectivity index (χ3v) is 4.69. The Kier molecular flexibility index (Phi) is 10.3. The summed E-state index contributed by atoms with van der Waals surface area (Å²) in [5.74, 6) is 2.33. The van der Waals surface area contributed by atoms with E-state index >= 15 is 0 Å². The Morgan fingerprint density at radius 1 is 1.18 bits per heavy atom. The summed E-state index contributed by atoms with van der Waals surface area (Å²) in [4.78, 5) is 4.33. The molecule has 0 fully saturated rings. The van der Waals surface area contributed by atoms with Gasteiger partial charge >= 0.3 is 0 Å². The van der Waals surface area contributed by atoms with Crippen LogP contribution in [0.3, 0.4) is 0 Å². The monoisotopic (exact) mass is 499 g/mol. The fourth-order valence-corrected chi connectivity index (χ4v) is 2.84. The largest absolute Gasteiger partial charge is 0.493 e. The van der Waals surface area contributed by atoms with Gasteiger partial charge in [0.2, 0.25) is 0 Å². The molecule has 156 valence electrons. The van der Waals surface area contributed by atoms with Gasteiger partial charge in [-0.15, -0.1) is 24.0 Å². The molecule has 0 spiro atoms. The van der Waals surface area contributed by atoms with Crippen LogP contribution in [0.2, 0.25) is 0 Å². The summed E-state index contributed by atoms with van der Waals surface area (Å²) < 4.78 is 7.88. The topological polar surface area (TPSA) is 63.5 Å². The number of hydrogen-bond donors (Lipinski definition) is 2. The van der Waals surface area contributed by atoms with Gasteiger partial charge in [-0.05, 0) is 32.3 Å². The zero-order valence-electron chi connectivity index (χ0n) is 17.9. The molecule has 28 heavy (non-hydrogen) atoms. The number of guanidine groups is 1. The summed E-state index contributed by atoms with van der Waals surface area (Å²) >= 11 is 0. The van der Waals surface area contributed by atoms with Gasteiger partial charge in [0, 0.05) is 44.0 Å². The van der Waals surface area contributed by atoms with Gasteiger partial charge in [-0.1, -0.05) is 32.0 Å². The molecule has 0 radical (unpaired) electrons. The van der Waals surface area contributed by atoms with E-state index < -0.39 is 0 Å². The second-order valence-electron chi connectivity index (χ2n) is 7.19. The van der Waals surface area contributed by atoms with Crippen LogP contribution >= 0.6 is 24.0 Å². The second kappa shape index (κ2) is 11.9. The molecule has 1 aromatic carbocycles. The number of aryl methyl sites for hydroxylation is 2. The molecule has 0 aliphatic rings. The molecule has 6 nitrogen and oxygen atoms in total. The minimum absolute atomic E-state index is 0. The van der Waals surface area contributed by atoms with Gasteiger partial charge in [0.1, 0.15) is 5.75 Å². The van der Waals surface area contributed by atoms with Crippen molar-refractivity contribution in [3.63, 3.8) is 0 Å². The van der Waals surface area contributed by atoms with Gasteiger partial charge in [0.25, 0.3) is 0 Å². The van der Waals surface area contributed by atoms with E-state index in [1.807, 2.05) is 36.9 Å². The van der Waals surface area contributed by atoms with Crippen molar-refractivity contribution in [2.45, 2.75) is 47.2 Å². The highest BCUT2D eigenvalue weighted by Gasteiger charge is 2.10. The van der Waals surface area contributed by atoms with Crippen molar-refractivity contribution in [2.24, 2.45) is 18.0 Å². The first-order valence-corrected chi connectivity index (χ1v) is 9.56. The number of hydrogen-bond acceptors (Lipinski definition) is 3. The molecule has 2 N–H and O–H groups in total. The molecule has 1 aromatic heterocycles. The summed E-state index contributed by atoms with van der Waals surface area (Å²) in [6.07, 6.45) is 1.05. The van der Waals surface area contributed by atoms with Crippen LogP contribution in [0, 0.1) is 19.8 Å². The second-order valence-corrected chi connectivity index (χ2v) is 7.19. The van der Waals surface area contributed by atoms with E-state index in [2.05, 4.69) is 47.6 Å². The highest BCUT2D eigenvalue weighted by atomic mass is 127. The summed E-state index contributed by atoms with van der Waals surface area (Å²) in [6.45, 7) is 10.6. The number of nitrogens with one attached hydrogen (secondary N) is 2. The Labute approximate surface area is 186 Å². The summed E-state index contributed by atoms with van der Waals surface area (Å²) in [5.41, 5.74) is 4.54. The molecule has 0 atom stereocenters. The van der Waals surface area contributed by atoms with E-state index in [1.54, 1.807) is 7.05 Å². The Morgan fingerprint density at radius 2 is 1.86 bits per heavy atom. The molecule has 2 rings (SSSR count). The fourth-order valence-electron chi connectivity index (χ4n) is 2.84. The third-order valence-electron chi connectivity index (χ3n) is 4.69. The van der Waals surface area contributed by atoms with Crippen molar-refractivity contribution in [1.82, 2.24) is 20.4 Å². The Balaban J connectivity index is 0.00000392. The number of aliphatic imine (C=N–C) groups is 1. The number of halogens is 1. The zero-order valence-corrected chi connectivity index (χ0v) is 20.2. The van der Waals surface area contributed by atoms with Crippen LogP contribution in [0.15, 0.2) is 29.3 Å². The summed E-state index contributed by atoms with van der Waals surface area (Å²) in [7, 11) is 3.75. The van der Waals surface area contributed by atoms with Gasteiger partial charge < -0.3 is 15.4 Å². The van der Waals surface area contributed by atoms with Crippen LogP contribution in [0.4, 0.5) is 0 Å². The lowest BCUT2D eigenvalue weighted by Crippen LogP contribution is -2.36. The number of benzene rings is 1. The van der Waals surface area contributed by atoms with Gasteiger partial charge in [-0.2, -0.15) is 5.10 Å². The predicted molar refractivity (Wildman–Crippen MR) is 127 cm³/mol. The number of para-hydroxylation sites is 1. The van der Waals surface area contributed by atoms with Gasteiger partial charge in [0.15, 0.2) is 5.96 Å². The molecule has 0 saturated carbocycles. The zero-order chi connectivity index (χ0) is 19.8. The molecular weight excluding hydrogens is 465 g/mol. The van der Waals surface area contributed by atoms with Crippen LogP contribution in [0.5, 0.6) is 5.75 Å². The standard InChI is InChI=1S/C21H33N5O.HI/c1-15(2)11-12-27-20-10-8-7-9-18(20)13-23-21(22-5)24-14-19-16(3)25-26(6)17(19)4;/h7-10,15H,11-14H2,1-6H3,(H2,22,23,24);1H. The maximum atomic E-state index is 5.97. The van der Waals surface area contributed by atoms with E-state index in [-0.39, 0.29) is 24.0 Å². The van der Waals surface area contributed by atoms with E-state index in [1.165, 1.54) is 11.3 Å². The third kappa shape index (κ3) is 7.00. The van der Waals surface area contributed by atoms with Gasteiger partial charge in [0.05, 0.1) is 12.3 Å². The fraction of sp³-hybridized carbons (Fsp3) is 0.524. The SMILES string of the molecule is CN=C(NCc1ccccc1OCCC(C)C)NCc1c(C)nn(C)c1C.I. The predicted octanol–water partition coefficient (Wildman–Crippen LogP) is 3.95. The molecule has 0 bridgehead atoms. The Bertz CT molecular complexity index is 770. The van der Waals surface area contributed by atoms with E-state index in [0.717, 1.165) is 36.0 Å². The molecule has 0 unspecified atom stereocenters. The average Bonchev–Trinajstić information content (AvgIpc) is 2.88. The first kappa shape index (κ1) is 24.3. The summed E-state index contributed by atoms with van der Waals surface area (Å²) in [6, 6.07) is 8.15. The molecule has 0 aliphatic heterocycles. The molecule has 0 saturated heterocycles. The van der Waals surface area contributed by atoms with E-state index in [0.29, 0.717) is 19.0 Å². The number of rotatable bonds is 8. The highest BCUT2D eigenvalue weighted by molar-refractivity contribution is 14.0. The molecule has 0 amide bonds. The lowest BCUT2D eigenvalue weighted by molar-refractivity contribution is 0.286. The van der Waals surface area contributed by atoms with Crippen molar-refractivity contribution >= 4 is 29.9 Å². The number of nitrogens with zero attached hydrogens (tertiary/aromatic N) is 3. The van der Waals surface area contributed by atoms with Crippen LogP contribution in [-0.2, 0) is 20.1 Å². The maximum Gasteiger partial charge on any atom is 0.191 e. The van der Waals surface area contributed by atoms with Crippen LogP contribution in [0.1, 0.15) is 42.8 Å². The van der Waals surface area contributed by atoms with Crippen LogP contribution < -0.4 is 15.4 Å². The normalized spacial score (nSPS) is 11.3. The van der Waals surface area contributed by atoms with Crippen molar-refractivity contribution in [1.29, 1.82) is 0 Å². The first-order valence-electron chi connectivity index (χ1n) is 9.56. The average molecular weight is 499 g/mol. The van der Waals surface area contributed by atoms with Gasteiger partial charge in [-0.3, -0.25) is 9.67 Å². The minimum Gasteiger partial charge on any atom is -0.493 e. The smallest absolute Gasteiger partial charge is 0.191 e. The molecule has 7 heteroatoms. The van der Waals surface area contributed by atoms with Crippen molar-refractivity contribution < 1.29 is 4.74 Å². The molecule has 0 aliphatic carbocycles. The van der Waals surface area contributed by atoms with Crippen molar-refractivity contribution in [3.05, 3.63) is 46.8 Å². The number of aromatic nitrogens is 2. The highest BCUT2D eigenvalue weighted by Crippen LogP contribution is 2.18. The van der Waals surface area contributed by atoms with Gasteiger partial charge in [-0.25, -0.2) is 0 Å². The molecule has 2 aromatic rings. The van der Waals surface area contributed by atoms with E-state index in [9.17, 15) is 0 Å². The van der Waals surface area contributed by atoms with Crippen molar-refractivity contribution in [3.8, 4) is 5.75 Å². The quantitative estimate of drug-likeness (QED) is 0.328. The first-order chi connectivity index (χ1) is 12.9. The Hall–Kier alpha value is -1.77. The molecular formula is C21H34IN5O. The van der Waals surface area contributed by atoms with E-state index in [4.69, 9.17) is 4.74 Å². The van der Waals surface area contributed by atoms with Crippen molar-refractivity contribution in [2.75, 3.05) is 13.7 Å². The van der Waals surface area contributed by atoms with Crippen LogP contribution in [0.25, 0.3) is 0 Å².